The normalized spacial score (nSPS) is 17.9. The fourth-order valence-electron chi connectivity index (χ4n) is 3.67. The molecule has 130 valence electrons. The number of fused-ring (bicyclic) bond motifs is 1. The van der Waals surface area contributed by atoms with Gasteiger partial charge in [-0.05, 0) is 37.8 Å². The van der Waals surface area contributed by atoms with E-state index >= 15 is 0 Å². The molecule has 0 radical (unpaired) electrons. The van der Waals surface area contributed by atoms with E-state index in [1.807, 2.05) is 47.4 Å². The molecule has 1 saturated heterocycles. The van der Waals surface area contributed by atoms with Crippen LogP contribution in [0.2, 0.25) is 0 Å². The first-order valence-corrected chi connectivity index (χ1v) is 8.99. The Bertz CT molecular complexity index is 806. The van der Waals surface area contributed by atoms with Crippen molar-refractivity contribution in [2.45, 2.75) is 44.8 Å². The first-order valence-electron chi connectivity index (χ1n) is 8.99. The van der Waals surface area contributed by atoms with E-state index in [1.54, 1.807) is 10.9 Å². The highest BCUT2D eigenvalue weighted by Crippen LogP contribution is 2.21. The Kier molecular flexibility index (Phi) is 4.50. The molecule has 3 aromatic rings. The number of piperidine rings is 1. The predicted octanol–water partition coefficient (Wildman–Crippen LogP) is 2.70. The van der Waals surface area contributed by atoms with Crippen LogP contribution in [0.25, 0.3) is 10.9 Å². The minimum absolute atomic E-state index is 0.165. The van der Waals surface area contributed by atoms with Crippen molar-refractivity contribution >= 4 is 16.8 Å². The molecule has 2 aromatic heterocycles. The van der Waals surface area contributed by atoms with Gasteiger partial charge >= 0.3 is 0 Å². The van der Waals surface area contributed by atoms with Crippen LogP contribution < -0.4 is 0 Å². The van der Waals surface area contributed by atoms with Crippen LogP contribution in [0.5, 0.6) is 0 Å². The van der Waals surface area contributed by atoms with Crippen molar-refractivity contribution < 1.29 is 4.79 Å². The second-order valence-corrected chi connectivity index (χ2v) is 6.68. The molecule has 25 heavy (non-hydrogen) atoms. The molecule has 0 bridgehead atoms. The minimum atomic E-state index is 0.165. The van der Waals surface area contributed by atoms with Crippen molar-refractivity contribution in [3.63, 3.8) is 0 Å². The summed E-state index contributed by atoms with van der Waals surface area (Å²) in [5, 5.41) is 9.85. The van der Waals surface area contributed by atoms with Crippen LogP contribution in [-0.4, -0.2) is 43.0 Å². The topological polar surface area (TPSA) is 56.0 Å². The van der Waals surface area contributed by atoms with Crippen LogP contribution in [0.3, 0.4) is 0 Å². The number of rotatable bonds is 5. The Morgan fingerprint density at radius 2 is 2.08 bits per heavy atom. The average molecular weight is 337 g/mol. The summed E-state index contributed by atoms with van der Waals surface area (Å²) in [6, 6.07) is 10.2. The molecule has 3 heterocycles. The second-order valence-electron chi connectivity index (χ2n) is 6.68. The van der Waals surface area contributed by atoms with E-state index in [-0.39, 0.29) is 5.91 Å². The molecule has 1 atom stereocenters. The van der Waals surface area contributed by atoms with E-state index in [0.29, 0.717) is 12.6 Å². The molecule has 0 saturated carbocycles. The Morgan fingerprint density at radius 1 is 1.16 bits per heavy atom. The minimum Gasteiger partial charge on any atom is -0.338 e. The van der Waals surface area contributed by atoms with Crippen molar-refractivity contribution in [1.82, 2.24) is 24.5 Å². The second kappa shape index (κ2) is 7.09. The Hall–Kier alpha value is -2.63. The predicted molar refractivity (Wildman–Crippen MR) is 95.9 cm³/mol. The number of nitrogens with zero attached hydrogens (tertiary/aromatic N) is 5. The van der Waals surface area contributed by atoms with Gasteiger partial charge in [-0.3, -0.25) is 14.2 Å². The standard InChI is InChI=1S/C19H23N5O/c25-19(15-23-14-16-6-1-2-8-18(16)21-23)24-12-4-3-7-17(24)9-13-22-11-5-10-20-22/h1-2,5-6,8,10-11,14,17H,3-4,7,9,12-13,15H2/t17-/m1/s1. The van der Waals surface area contributed by atoms with Gasteiger partial charge in [-0.2, -0.15) is 10.2 Å². The number of likely N-dealkylation sites (tertiary alicyclic amines) is 1. The maximum atomic E-state index is 12.9. The molecule has 0 unspecified atom stereocenters. The van der Waals surface area contributed by atoms with E-state index in [9.17, 15) is 4.79 Å². The molecule has 1 amide bonds. The molecule has 0 N–H and O–H groups in total. The molecule has 0 aliphatic carbocycles. The van der Waals surface area contributed by atoms with E-state index in [4.69, 9.17) is 0 Å². The molecule has 1 aliphatic heterocycles. The first kappa shape index (κ1) is 15.9. The quantitative estimate of drug-likeness (QED) is 0.719. The van der Waals surface area contributed by atoms with Gasteiger partial charge in [-0.25, -0.2) is 0 Å². The molecular weight excluding hydrogens is 314 g/mol. The SMILES string of the molecule is O=C(Cn1cc2ccccc2n1)N1CCCC[C@@H]1CCn1cccn1. The van der Waals surface area contributed by atoms with Gasteiger partial charge in [0.2, 0.25) is 5.91 Å². The maximum absolute atomic E-state index is 12.9. The molecule has 1 aromatic carbocycles. The maximum Gasteiger partial charge on any atom is 0.244 e. The zero-order chi connectivity index (χ0) is 17.1. The Balaban J connectivity index is 1.42. The van der Waals surface area contributed by atoms with Crippen LogP contribution in [0.1, 0.15) is 25.7 Å². The molecule has 1 aliphatic rings. The van der Waals surface area contributed by atoms with Crippen molar-refractivity contribution in [1.29, 1.82) is 0 Å². The lowest BCUT2D eigenvalue weighted by molar-refractivity contribution is -0.136. The van der Waals surface area contributed by atoms with Gasteiger partial charge in [0.15, 0.2) is 0 Å². The van der Waals surface area contributed by atoms with Crippen molar-refractivity contribution in [3.05, 3.63) is 48.9 Å². The van der Waals surface area contributed by atoms with Gasteiger partial charge in [0.25, 0.3) is 0 Å². The summed E-state index contributed by atoms with van der Waals surface area (Å²) in [7, 11) is 0. The van der Waals surface area contributed by atoms with Crippen molar-refractivity contribution in [2.75, 3.05) is 6.54 Å². The zero-order valence-electron chi connectivity index (χ0n) is 14.3. The van der Waals surface area contributed by atoms with Crippen molar-refractivity contribution in [3.8, 4) is 0 Å². The van der Waals surface area contributed by atoms with Crippen molar-refractivity contribution in [2.24, 2.45) is 0 Å². The summed E-state index contributed by atoms with van der Waals surface area (Å²) in [4.78, 5) is 14.9. The third-order valence-electron chi connectivity index (χ3n) is 4.96. The monoisotopic (exact) mass is 337 g/mol. The van der Waals surface area contributed by atoms with Gasteiger partial charge in [0.1, 0.15) is 6.54 Å². The van der Waals surface area contributed by atoms with E-state index < -0.39 is 0 Å². The van der Waals surface area contributed by atoms with Crippen LogP contribution in [-0.2, 0) is 17.9 Å². The highest BCUT2D eigenvalue weighted by Gasteiger charge is 2.26. The number of carbonyl (C=O) groups is 1. The average Bonchev–Trinajstić information content (AvgIpc) is 3.29. The third-order valence-corrected chi connectivity index (χ3v) is 4.96. The number of aromatic nitrogens is 4. The summed E-state index contributed by atoms with van der Waals surface area (Å²) < 4.78 is 3.71. The number of benzene rings is 1. The molecule has 4 rings (SSSR count). The Labute approximate surface area is 147 Å². The highest BCUT2D eigenvalue weighted by atomic mass is 16.2. The van der Waals surface area contributed by atoms with E-state index in [0.717, 1.165) is 43.3 Å². The molecule has 6 nitrogen and oxygen atoms in total. The number of amides is 1. The van der Waals surface area contributed by atoms with Crippen LogP contribution in [0, 0.1) is 0 Å². The summed E-state index contributed by atoms with van der Waals surface area (Å²) in [6.07, 6.45) is 10.0. The number of carbonyl (C=O) groups excluding carboxylic acids is 1. The van der Waals surface area contributed by atoms with Crippen LogP contribution in [0.4, 0.5) is 0 Å². The van der Waals surface area contributed by atoms with Gasteiger partial charge in [-0.15, -0.1) is 0 Å². The fourth-order valence-corrected chi connectivity index (χ4v) is 3.67. The first-order chi connectivity index (χ1) is 12.3. The fraction of sp³-hybridized carbons (Fsp3) is 0.421. The molecule has 0 spiro atoms. The molecule has 6 heteroatoms. The number of aryl methyl sites for hydroxylation is 1. The third kappa shape index (κ3) is 3.57. The molecular formula is C19H23N5O. The lowest BCUT2D eigenvalue weighted by Crippen LogP contribution is -2.45. The lowest BCUT2D eigenvalue weighted by Gasteiger charge is -2.36. The highest BCUT2D eigenvalue weighted by molar-refractivity contribution is 5.80. The summed E-state index contributed by atoms with van der Waals surface area (Å²) in [5.41, 5.74) is 0.934. The van der Waals surface area contributed by atoms with Gasteiger partial charge in [0, 0.05) is 43.1 Å². The number of hydrogen-bond acceptors (Lipinski definition) is 3. The summed E-state index contributed by atoms with van der Waals surface area (Å²) >= 11 is 0. The largest absolute Gasteiger partial charge is 0.338 e. The van der Waals surface area contributed by atoms with E-state index in [2.05, 4.69) is 15.1 Å². The van der Waals surface area contributed by atoms with Gasteiger partial charge < -0.3 is 4.90 Å². The summed E-state index contributed by atoms with van der Waals surface area (Å²) in [5.74, 6) is 0.165. The Morgan fingerprint density at radius 3 is 2.92 bits per heavy atom. The lowest BCUT2D eigenvalue weighted by atomic mass is 9.99. The smallest absolute Gasteiger partial charge is 0.244 e. The van der Waals surface area contributed by atoms with E-state index in [1.165, 1.54) is 6.42 Å². The van der Waals surface area contributed by atoms with Gasteiger partial charge in [-0.1, -0.05) is 18.2 Å². The molecule has 1 fully saturated rings. The van der Waals surface area contributed by atoms with Crippen LogP contribution >= 0.6 is 0 Å². The van der Waals surface area contributed by atoms with Crippen LogP contribution in [0.15, 0.2) is 48.9 Å². The summed E-state index contributed by atoms with van der Waals surface area (Å²) in [6.45, 7) is 2.02. The zero-order valence-corrected chi connectivity index (χ0v) is 14.3. The number of hydrogen-bond donors (Lipinski definition) is 0. The van der Waals surface area contributed by atoms with Gasteiger partial charge in [0.05, 0.1) is 5.52 Å².